The summed E-state index contributed by atoms with van der Waals surface area (Å²) in [6, 6.07) is 3.34. The maximum Gasteiger partial charge on any atom is 0.167 e. The van der Waals surface area contributed by atoms with Gasteiger partial charge in [-0.1, -0.05) is 19.8 Å². The number of ether oxygens (including phenoxy) is 1. The summed E-state index contributed by atoms with van der Waals surface area (Å²) >= 11 is 0. The van der Waals surface area contributed by atoms with Gasteiger partial charge in [-0.3, -0.25) is 0 Å². The van der Waals surface area contributed by atoms with Gasteiger partial charge in [0.2, 0.25) is 0 Å². The molecule has 1 rings (SSSR count). The molecule has 1 N–H and O–H groups in total. The molecule has 2 nitrogen and oxygen atoms in total. The van der Waals surface area contributed by atoms with Gasteiger partial charge in [-0.15, -0.1) is 0 Å². The third-order valence-corrected chi connectivity index (χ3v) is 2.61. The summed E-state index contributed by atoms with van der Waals surface area (Å²) in [7, 11) is 0. The minimum atomic E-state index is -0.659. The van der Waals surface area contributed by atoms with Crippen LogP contribution in [0.1, 0.15) is 33.1 Å². The average Bonchev–Trinajstić information content (AvgIpc) is 2.32. The zero-order chi connectivity index (χ0) is 13.4. The summed E-state index contributed by atoms with van der Waals surface area (Å²) in [5.41, 5.74) is 0. The third kappa shape index (κ3) is 5.45. The first-order chi connectivity index (χ1) is 8.63. The van der Waals surface area contributed by atoms with Gasteiger partial charge in [0, 0.05) is 12.6 Å². The third-order valence-electron chi connectivity index (χ3n) is 2.61. The smallest absolute Gasteiger partial charge is 0.167 e. The van der Waals surface area contributed by atoms with Crippen LogP contribution in [0.5, 0.6) is 5.75 Å². The highest BCUT2D eigenvalue weighted by Gasteiger charge is 2.09. The minimum absolute atomic E-state index is 0.0965. The Morgan fingerprint density at radius 3 is 2.72 bits per heavy atom. The molecule has 1 unspecified atom stereocenters. The molecule has 0 aliphatic carbocycles. The molecule has 1 aromatic carbocycles. The fourth-order valence-corrected chi connectivity index (χ4v) is 1.63. The Labute approximate surface area is 107 Å². The second-order valence-electron chi connectivity index (χ2n) is 4.41. The summed E-state index contributed by atoms with van der Waals surface area (Å²) in [4.78, 5) is 0. The van der Waals surface area contributed by atoms with Crippen LogP contribution < -0.4 is 10.1 Å². The highest BCUT2D eigenvalue weighted by molar-refractivity contribution is 5.24. The van der Waals surface area contributed by atoms with Crippen LogP contribution in [0.25, 0.3) is 0 Å². The summed E-state index contributed by atoms with van der Waals surface area (Å²) in [6.07, 6.45) is 3.38. The standard InChI is InChI=1S/C14H21F2NO/c1-3-4-5-8-17-10-11(2)18-14-7-6-12(15)9-13(14)16/h6-7,9,11,17H,3-5,8,10H2,1-2H3. The van der Waals surface area contributed by atoms with Crippen LogP contribution in [-0.4, -0.2) is 19.2 Å². The lowest BCUT2D eigenvalue weighted by atomic mass is 10.2. The van der Waals surface area contributed by atoms with Crippen LogP contribution in [0.4, 0.5) is 8.78 Å². The number of rotatable bonds is 8. The van der Waals surface area contributed by atoms with Gasteiger partial charge in [0.15, 0.2) is 11.6 Å². The number of hydrogen-bond acceptors (Lipinski definition) is 2. The summed E-state index contributed by atoms with van der Waals surface area (Å²) in [5, 5.41) is 3.25. The molecule has 102 valence electrons. The van der Waals surface area contributed by atoms with Crippen LogP contribution >= 0.6 is 0 Å². The Morgan fingerprint density at radius 1 is 1.28 bits per heavy atom. The average molecular weight is 257 g/mol. The zero-order valence-electron chi connectivity index (χ0n) is 11.0. The molecule has 0 amide bonds. The van der Waals surface area contributed by atoms with Crippen molar-refractivity contribution in [3.8, 4) is 5.75 Å². The van der Waals surface area contributed by atoms with E-state index in [9.17, 15) is 8.78 Å². The van der Waals surface area contributed by atoms with E-state index in [0.29, 0.717) is 6.54 Å². The van der Waals surface area contributed by atoms with Gasteiger partial charge in [-0.25, -0.2) is 8.78 Å². The van der Waals surface area contributed by atoms with E-state index in [4.69, 9.17) is 4.74 Å². The molecule has 4 heteroatoms. The Kier molecular flexibility index (Phi) is 6.65. The van der Waals surface area contributed by atoms with E-state index in [-0.39, 0.29) is 11.9 Å². The van der Waals surface area contributed by atoms with Crippen molar-refractivity contribution in [2.75, 3.05) is 13.1 Å². The number of benzene rings is 1. The molecular formula is C14H21F2NO. The van der Waals surface area contributed by atoms with E-state index in [1.807, 2.05) is 6.92 Å². The Morgan fingerprint density at radius 2 is 2.06 bits per heavy atom. The van der Waals surface area contributed by atoms with E-state index in [2.05, 4.69) is 12.2 Å². The van der Waals surface area contributed by atoms with E-state index >= 15 is 0 Å². The maximum absolute atomic E-state index is 13.3. The number of unbranched alkanes of at least 4 members (excludes halogenated alkanes) is 2. The van der Waals surface area contributed by atoms with Gasteiger partial charge >= 0.3 is 0 Å². The van der Waals surface area contributed by atoms with Crippen molar-refractivity contribution in [3.63, 3.8) is 0 Å². The number of halogens is 2. The molecule has 0 bridgehead atoms. The first-order valence-electron chi connectivity index (χ1n) is 6.46. The lowest BCUT2D eigenvalue weighted by Gasteiger charge is -2.15. The molecule has 18 heavy (non-hydrogen) atoms. The Bertz CT molecular complexity index is 358. The topological polar surface area (TPSA) is 21.3 Å². The Hall–Kier alpha value is -1.16. The fraction of sp³-hybridized carbons (Fsp3) is 0.571. The van der Waals surface area contributed by atoms with E-state index in [0.717, 1.165) is 19.0 Å². The minimum Gasteiger partial charge on any atom is -0.486 e. The van der Waals surface area contributed by atoms with Gasteiger partial charge < -0.3 is 10.1 Å². The fourth-order valence-electron chi connectivity index (χ4n) is 1.63. The van der Waals surface area contributed by atoms with Crippen molar-refractivity contribution in [3.05, 3.63) is 29.8 Å². The predicted octanol–water partition coefficient (Wildman–Crippen LogP) is 3.51. The predicted molar refractivity (Wildman–Crippen MR) is 68.8 cm³/mol. The quantitative estimate of drug-likeness (QED) is 0.719. The monoisotopic (exact) mass is 257 g/mol. The second kappa shape index (κ2) is 8.03. The molecule has 0 saturated heterocycles. The van der Waals surface area contributed by atoms with Gasteiger partial charge in [-0.05, 0) is 32.0 Å². The van der Waals surface area contributed by atoms with Crippen LogP contribution in [-0.2, 0) is 0 Å². The van der Waals surface area contributed by atoms with Gasteiger partial charge in [0.25, 0.3) is 0 Å². The molecular weight excluding hydrogens is 236 g/mol. The SMILES string of the molecule is CCCCCNCC(C)Oc1ccc(F)cc1F. The summed E-state index contributed by atoms with van der Waals surface area (Å²) in [5.74, 6) is -1.16. The molecule has 0 aliphatic heterocycles. The summed E-state index contributed by atoms with van der Waals surface area (Å²) < 4.78 is 31.4. The summed E-state index contributed by atoms with van der Waals surface area (Å²) in [6.45, 7) is 5.60. The molecule has 0 radical (unpaired) electrons. The molecule has 0 aromatic heterocycles. The van der Waals surface area contributed by atoms with E-state index in [1.165, 1.54) is 25.0 Å². The largest absolute Gasteiger partial charge is 0.486 e. The lowest BCUT2D eigenvalue weighted by molar-refractivity contribution is 0.207. The molecule has 0 saturated carbocycles. The van der Waals surface area contributed by atoms with E-state index < -0.39 is 11.6 Å². The Balaban J connectivity index is 2.28. The number of hydrogen-bond donors (Lipinski definition) is 1. The van der Waals surface area contributed by atoms with Crippen molar-refractivity contribution in [1.82, 2.24) is 5.32 Å². The van der Waals surface area contributed by atoms with Crippen LogP contribution in [0.2, 0.25) is 0 Å². The molecule has 1 aromatic rings. The number of nitrogens with one attached hydrogen (secondary N) is 1. The molecule has 0 aliphatic rings. The van der Waals surface area contributed by atoms with Crippen LogP contribution in [0.3, 0.4) is 0 Å². The normalized spacial score (nSPS) is 12.4. The molecule has 0 fully saturated rings. The highest BCUT2D eigenvalue weighted by atomic mass is 19.1. The van der Waals surface area contributed by atoms with Crippen LogP contribution in [0.15, 0.2) is 18.2 Å². The van der Waals surface area contributed by atoms with Crippen molar-refractivity contribution < 1.29 is 13.5 Å². The van der Waals surface area contributed by atoms with Crippen molar-refractivity contribution in [1.29, 1.82) is 0 Å². The van der Waals surface area contributed by atoms with Gasteiger partial charge in [0.05, 0.1) is 0 Å². The zero-order valence-corrected chi connectivity index (χ0v) is 11.0. The van der Waals surface area contributed by atoms with Gasteiger partial charge in [-0.2, -0.15) is 0 Å². The maximum atomic E-state index is 13.3. The van der Waals surface area contributed by atoms with E-state index in [1.54, 1.807) is 0 Å². The molecule has 0 heterocycles. The molecule has 1 atom stereocenters. The first-order valence-corrected chi connectivity index (χ1v) is 6.46. The highest BCUT2D eigenvalue weighted by Crippen LogP contribution is 2.18. The molecule has 0 spiro atoms. The first kappa shape index (κ1) is 14.9. The van der Waals surface area contributed by atoms with Crippen molar-refractivity contribution >= 4 is 0 Å². The van der Waals surface area contributed by atoms with Crippen molar-refractivity contribution in [2.45, 2.75) is 39.2 Å². The second-order valence-corrected chi connectivity index (χ2v) is 4.41. The van der Waals surface area contributed by atoms with Gasteiger partial charge in [0.1, 0.15) is 11.9 Å². The van der Waals surface area contributed by atoms with Crippen molar-refractivity contribution in [2.24, 2.45) is 0 Å². The van der Waals surface area contributed by atoms with Crippen LogP contribution in [0, 0.1) is 11.6 Å². The lowest BCUT2D eigenvalue weighted by Crippen LogP contribution is -2.29.